The SMILES string of the molecule is CC(C)c1c(S(N)(=O)=O)[c]cc(CCN2CCOCC2)c1Cl. The lowest BCUT2D eigenvalue weighted by atomic mass is 9.99. The molecule has 1 aromatic rings. The molecule has 22 heavy (non-hydrogen) atoms. The molecule has 0 bridgehead atoms. The fourth-order valence-corrected chi connectivity index (χ4v) is 3.99. The Labute approximate surface area is 137 Å². The first-order valence-electron chi connectivity index (χ1n) is 7.36. The number of rotatable bonds is 5. The first kappa shape index (κ1) is 17.7. The number of nitrogens with two attached hydrogens (primary N) is 1. The third-order valence-corrected chi connectivity index (χ3v) is 5.16. The van der Waals surface area contributed by atoms with Crippen molar-refractivity contribution in [2.45, 2.75) is 31.1 Å². The lowest BCUT2D eigenvalue weighted by Crippen LogP contribution is -2.37. The average molecular weight is 346 g/mol. The molecule has 1 aromatic carbocycles. The number of benzene rings is 1. The molecule has 1 radical (unpaired) electrons. The van der Waals surface area contributed by atoms with Crippen LogP contribution in [-0.2, 0) is 21.2 Å². The van der Waals surface area contributed by atoms with Crippen molar-refractivity contribution in [3.8, 4) is 0 Å². The number of primary sulfonamides is 1. The van der Waals surface area contributed by atoms with E-state index in [-0.39, 0.29) is 10.8 Å². The van der Waals surface area contributed by atoms with Gasteiger partial charge in [0.2, 0.25) is 10.0 Å². The zero-order valence-electron chi connectivity index (χ0n) is 12.9. The van der Waals surface area contributed by atoms with E-state index in [0.29, 0.717) is 10.6 Å². The third kappa shape index (κ3) is 4.20. The van der Waals surface area contributed by atoms with Crippen LogP contribution in [0.25, 0.3) is 0 Å². The van der Waals surface area contributed by atoms with Gasteiger partial charge in [-0.2, -0.15) is 0 Å². The molecule has 1 aliphatic heterocycles. The van der Waals surface area contributed by atoms with Gasteiger partial charge in [-0.3, -0.25) is 4.90 Å². The molecule has 123 valence electrons. The van der Waals surface area contributed by atoms with Crippen molar-refractivity contribution in [2.75, 3.05) is 32.8 Å². The maximum absolute atomic E-state index is 11.7. The monoisotopic (exact) mass is 345 g/mol. The highest BCUT2D eigenvalue weighted by atomic mass is 35.5. The zero-order valence-corrected chi connectivity index (χ0v) is 14.5. The minimum Gasteiger partial charge on any atom is -0.379 e. The van der Waals surface area contributed by atoms with E-state index in [1.54, 1.807) is 6.07 Å². The molecule has 0 aromatic heterocycles. The molecule has 7 heteroatoms. The van der Waals surface area contributed by atoms with Crippen LogP contribution in [0.3, 0.4) is 0 Å². The van der Waals surface area contributed by atoms with Crippen LogP contribution in [0.4, 0.5) is 0 Å². The summed E-state index contributed by atoms with van der Waals surface area (Å²) < 4.78 is 28.7. The van der Waals surface area contributed by atoms with Crippen molar-refractivity contribution in [3.63, 3.8) is 0 Å². The molecule has 1 aliphatic rings. The van der Waals surface area contributed by atoms with Crippen molar-refractivity contribution >= 4 is 21.6 Å². The first-order valence-corrected chi connectivity index (χ1v) is 9.29. The molecule has 0 atom stereocenters. The van der Waals surface area contributed by atoms with Gasteiger partial charge in [-0.05, 0) is 29.5 Å². The molecule has 1 heterocycles. The zero-order chi connectivity index (χ0) is 16.3. The second-order valence-electron chi connectivity index (χ2n) is 5.77. The Morgan fingerprint density at radius 1 is 1.41 bits per heavy atom. The Bertz CT molecular complexity index is 626. The fraction of sp³-hybridized carbons (Fsp3) is 0.600. The van der Waals surface area contributed by atoms with Gasteiger partial charge in [-0.1, -0.05) is 25.4 Å². The standard InChI is InChI=1S/C15H22ClN2O3S/c1-11(2)14-13(22(17,19)20)4-3-12(15(14)16)5-6-18-7-9-21-10-8-18/h3,11H,5-10H2,1-2H3,(H2,17,19,20). The van der Waals surface area contributed by atoms with Crippen LogP contribution in [0, 0.1) is 6.07 Å². The van der Waals surface area contributed by atoms with E-state index in [4.69, 9.17) is 21.5 Å². The summed E-state index contributed by atoms with van der Waals surface area (Å²) in [5.41, 5.74) is 1.47. The summed E-state index contributed by atoms with van der Waals surface area (Å²) >= 11 is 6.45. The van der Waals surface area contributed by atoms with Crippen LogP contribution in [0.5, 0.6) is 0 Å². The topological polar surface area (TPSA) is 72.6 Å². The molecule has 0 spiro atoms. The van der Waals surface area contributed by atoms with Crippen molar-refractivity contribution in [1.29, 1.82) is 0 Å². The van der Waals surface area contributed by atoms with Gasteiger partial charge in [-0.15, -0.1) is 0 Å². The van der Waals surface area contributed by atoms with Crippen molar-refractivity contribution < 1.29 is 13.2 Å². The highest BCUT2D eigenvalue weighted by Gasteiger charge is 2.22. The van der Waals surface area contributed by atoms with Gasteiger partial charge in [0.05, 0.1) is 18.1 Å². The van der Waals surface area contributed by atoms with Crippen LogP contribution in [0.1, 0.15) is 30.9 Å². The van der Waals surface area contributed by atoms with Crippen LogP contribution in [0.15, 0.2) is 11.0 Å². The minimum atomic E-state index is -3.82. The molecule has 2 rings (SSSR count). The Kier molecular flexibility index (Phi) is 5.85. The quantitative estimate of drug-likeness (QED) is 0.883. The third-order valence-electron chi connectivity index (χ3n) is 3.80. The summed E-state index contributed by atoms with van der Waals surface area (Å²) in [4.78, 5) is 2.31. The molecule has 5 nitrogen and oxygen atoms in total. The van der Waals surface area contributed by atoms with E-state index in [2.05, 4.69) is 11.0 Å². The lowest BCUT2D eigenvalue weighted by Gasteiger charge is -2.27. The number of morpholine rings is 1. The Morgan fingerprint density at radius 2 is 2.05 bits per heavy atom. The van der Waals surface area contributed by atoms with Crippen molar-refractivity contribution in [3.05, 3.63) is 28.3 Å². The average Bonchev–Trinajstić information content (AvgIpc) is 2.45. The van der Waals surface area contributed by atoms with Gasteiger partial charge < -0.3 is 4.74 Å². The van der Waals surface area contributed by atoms with Gasteiger partial charge in [0.25, 0.3) is 0 Å². The Hall–Kier alpha value is -0.660. The predicted octanol–water partition coefficient (Wildman–Crippen LogP) is 1.79. The smallest absolute Gasteiger partial charge is 0.239 e. The maximum Gasteiger partial charge on any atom is 0.239 e. The largest absolute Gasteiger partial charge is 0.379 e. The van der Waals surface area contributed by atoms with E-state index in [1.165, 1.54) is 0 Å². The van der Waals surface area contributed by atoms with Gasteiger partial charge in [-0.25, -0.2) is 13.6 Å². The number of nitrogens with zero attached hydrogens (tertiary/aromatic N) is 1. The molecular weight excluding hydrogens is 324 g/mol. The van der Waals surface area contributed by atoms with Gasteiger partial charge in [0, 0.05) is 30.7 Å². The molecule has 1 fully saturated rings. The first-order chi connectivity index (χ1) is 10.3. The summed E-state index contributed by atoms with van der Waals surface area (Å²) in [6, 6.07) is 4.46. The molecular formula is C15H22ClN2O3S. The van der Waals surface area contributed by atoms with Crippen LogP contribution in [-0.4, -0.2) is 46.2 Å². The molecule has 0 amide bonds. The van der Waals surface area contributed by atoms with Crippen molar-refractivity contribution in [1.82, 2.24) is 4.90 Å². The second-order valence-corrected chi connectivity index (χ2v) is 7.65. The van der Waals surface area contributed by atoms with Crippen LogP contribution in [0.2, 0.25) is 5.02 Å². The Balaban J connectivity index is 2.24. The highest BCUT2D eigenvalue weighted by Crippen LogP contribution is 2.33. The molecule has 0 unspecified atom stereocenters. The molecule has 0 saturated carbocycles. The van der Waals surface area contributed by atoms with Gasteiger partial charge in [0.15, 0.2) is 0 Å². The Morgan fingerprint density at radius 3 is 2.59 bits per heavy atom. The summed E-state index contributed by atoms with van der Waals surface area (Å²) in [6.07, 6.45) is 0.750. The van der Waals surface area contributed by atoms with E-state index >= 15 is 0 Å². The van der Waals surface area contributed by atoms with Gasteiger partial charge >= 0.3 is 0 Å². The lowest BCUT2D eigenvalue weighted by molar-refractivity contribution is 0.0384. The number of hydrogen-bond acceptors (Lipinski definition) is 4. The van der Waals surface area contributed by atoms with E-state index in [1.807, 2.05) is 13.8 Å². The predicted molar refractivity (Wildman–Crippen MR) is 86.7 cm³/mol. The van der Waals surface area contributed by atoms with E-state index in [9.17, 15) is 8.42 Å². The number of hydrogen-bond donors (Lipinski definition) is 1. The summed E-state index contributed by atoms with van der Waals surface area (Å²) in [7, 11) is -3.82. The van der Waals surface area contributed by atoms with Crippen LogP contribution < -0.4 is 5.14 Å². The molecule has 0 aliphatic carbocycles. The van der Waals surface area contributed by atoms with Crippen LogP contribution >= 0.6 is 11.6 Å². The maximum atomic E-state index is 11.7. The number of halogens is 1. The van der Waals surface area contributed by atoms with E-state index in [0.717, 1.165) is 44.8 Å². The highest BCUT2D eigenvalue weighted by molar-refractivity contribution is 7.89. The minimum absolute atomic E-state index is 0.00243. The number of ether oxygens (including phenoxy) is 1. The normalized spacial score (nSPS) is 17.1. The fourth-order valence-electron chi connectivity index (χ4n) is 2.60. The van der Waals surface area contributed by atoms with Gasteiger partial charge in [0.1, 0.15) is 0 Å². The van der Waals surface area contributed by atoms with Crippen molar-refractivity contribution in [2.24, 2.45) is 5.14 Å². The summed E-state index contributed by atoms with van der Waals surface area (Å²) in [5, 5.41) is 5.76. The molecule has 2 N–H and O–H groups in total. The summed E-state index contributed by atoms with van der Waals surface area (Å²) in [5.74, 6) is -0.0413. The van der Waals surface area contributed by atoms with E-state index < -0.39 is 10.0 Å². The summed E-state index contributed by atoms with van der Waals surface area (Å²) in [6.45, 7) is 7.98. The number of sulfonamides is 1. The molecule has 1 saturated heterocycles. The second kappa shape index (κ2) is 7.27.